The Labute approximate surface area is 179 Å². The van der Waals surface area contributed by atoms with E-state index in [1.165, 1.54) is 25.5 Å². The van der Waals surface area contributed by atoms with Gasteiger partial charge in [-0.3, -0.25) is 4.79 Å². The predicted molar refractivity (Wildman–Crippen MR) is 115 cm³/mol. The number of nitrogens with zero attached hydrogens (tertiary/aromatic N) is 1. The van der Waals surface area contributed by atoms with Gasteiger partial charge in [0.2, 0.25) is 10.0 Å². The number of hydrogen-bond acceptors (Lipinski definition) is 5. The van der Waals surface area contributed by atoms with Gasteiger partial charge >= 0.3 is 0 Å². The van der Waals surface area contributed by atoms with E-state index in [-0.39, 0.29) is 23.7 Å². The van der Waals surface area contributed by atoms with Gasteiger partial charge in [0.1, 0.15) is 0 Å². The molecule has 0 amide bonds. The van der Waals surface area contributed by atoms with E-state index in [9.17, 15) is 13.2 Å². The fraction of sp³-hybridized carbons (Fsp3) is 0.773. The molecule has 2 heterocycles. The molecule has 0 radical (unpaired) electrons. The van der Waals surface area contributed by atoms with E-state index >= 15 is 0 Å². The molecule has 3 aliphatic rings. The lowest BCUT2D eigenvalue weighted by Crippen LogP contribution is -2.49. The average molecular weight is 439 g/mol. The molecule has 0 bridgehead atoms. The van der Waals surface area contributed by atoms with Crippen LogP contribution < -0.4 is 10.3 Å². The molecule has 4 rings (SSSR count). The summed E-state index contributed by atoms with van der Waals surface area (Å²) < 4.78 is 40.7. The minimum Gasteiger partial charge on any atom is -0.376 e. The van der Waals surface area contributed by atoms with Gasteiger partial charge in [-0.05, 0) is 70.8 Å². The summed E-state index contributed by atoms with van der Waals surface area (Å²) in [5.74, 6) is 0. The van der Waals surface area contributed by atoms with E-state index in [4.69, 9.17) is 9.47 Å². The predicted octanol–water partition coefficient (Wildman–Crippen LogP) is 2.46. The van der Waals surface area contributed by atoms with Crippen LogP contribution in [0.5, 0.6) is 0 Å². The van der Waals surface area contributed by atoms with Gasteiger partial charge in [-0.15, -0.1) is 0 Å². The molecule has 0 aromatic carbocycles. The van der Waals surface area contributed by atoms with Crippen LogP contribution in [0.1, 0.15) is 68.7 Å². The van der Waals surface area contributed by atoms with Crippen molar-refractivity contribution in [1.29, 1.82) is 0 Å². The summed E-state index contributed by atoms with van der Waals surface area (Å²) in [5, 5.41) is 0. The Hall–Kier alpha value is -1.22. The van der Waals surface area contributed by atoms with Gasteiger partial charge in [-0.25, -0.2) is 13.1 Å². The lowest BCUT2D eigenvalue weighted by atomic mass is 9.92. The zero-order valence-corrected chi connectivity index (χ0v) is 18.8. The number of aromatic nitrogens is 1. The van der Waals surface area contributed by atoms with Crippen LogP contribution in [0.2, 0.25) is 0 Å². The Kier molecular flexibility index (Phi) is 6.67. The minimum absolute atomic E-state index is 0.0568. The normalized spacial score (nSPS) is 29.9. The molecular weight excluding hydrogens is 404 g/mol. The molecule has 2 unspecified atom stereocenters. The van der Waals surface area contributed by atoms with Crippen molar-refractivity contribution in [2.45, 2.75) is 95.1 Å². The summed E-state index contributed by atoms with van der Waals surface area (Å²) in [4.78, 5) is 12.9. The highest BCUT2D eigenvalue weighted by Gasteiger charge is 2.34. The average Bonchev–Trinajstić information content (AvgIpc) is 2.66. The maximum Gasteiger partial charge on any atom is 0.254 e. The fourth-order valence-corrected chi connectivity index (χ4v) is 5.71. The zero-order valence-electron chi connectivity index (χ0n) is 18.0. The third-order valence-corrected chi connectivity index (χ3v) is 7.56. The second-order valence-corrected chi connectivity index (χ2v) is 11.0. The van der Waals surface area contributed by atoms with Crippen LogP contribution in [0.4, 0.5) is 0 Å². The SMILES string of the molecule is Cc1ccc2n(c1=O)C(COC1CCC(OC3CCC3)CC1)C(NS(C)(=O)=O)CC2. The summed E-state index contributed by atoms with van der Waals surface area (Å²) >= 11 is 0. The first-order valence-corrected chi connectivity index (χ1v) is 13.1. The lowest BCUT2D eigenvalue weighted by Gasteiger charge is -2.38. The van der Waals surface area contributed by atoms with Crippen LogP contribution >= 0.6 is 0 Å². The molecule has 0 saturated heterocycles. The van der Waals surface area contributed by atoms with Crippen LogP contribution in [0, 0.1) is 6.92 Å². The molecule has 1 N–H and O–H groups in total. The van der Waals surface area contributed by atoms with Crippen molar-refractivity contribution in [3.63, 3.8) is 0 Å². The van der Waals surface area contributed by atoms with Gasteiger partial charge in [0, 0.05) is 17.3 Å². The van der Waals surface area contributed by atoms with Gasteiger partial charge < -0.3 is 14.0 Å². The standard InChI is InChI=1S/C22H34N2O5S/c1-15-6-7-16-8-13-20(23-30(2,26)27)21(24(16)22(15)25)14-28-17-9-11-19(12-10-17)29-18-4-3-5-18/h6-7,17-21,23H,3-5,8-14H2,1-2H3. The number of nitrogens with one attached hydrogen (secondary N) is 1. The van der Waals surface area contributed by atoms with E-state index in [1.807, 2.05) is 12.1 Å². The topological polar surface area (TPSA) is 86.6 Å². The molecule has 0 spiro atoms. The van der Waals surface area contributed by atoms with Gasteiger partial charge in [0.15, 0.2) is 0 Å². The van der Waals surface area contributed by atoms with Crippen molar-refractivity contribution in [2.24, 2.45) is 0 Å². The molecular formula is C22H34N2O5S. The molecule has 8 heteroatoms. The molecule has 2 aliphatic carbocycles. The third-order valence-electron chi connectivity index (χ3n) is 6.83. The molecule has 1 aromatic heterocycles. The second kappa shape index (κ2) is 9.10. The molecule has 2 atom stereocenters. The molecule has 7 nitrogen and oxygen atoms in total. The maximum atomic E-state index is 12.9. The van der Waals surface area contributed by atoms with Crippen LogP contribution in [-0.2, 0) is 25.9 Å². The number of fused-ring (bicyclic) bond motifs is 1. The Bertz CT molecular complexity index is 901. The van der Waals surface area contributed by atoms with Crippen LogP contribution in [0.15, 0.2) is 16.9 Å². The molecule has 2 fully saturated rings. The van der Waals surface area contributed by atoms with Crippen molar-refractivity contribution < 1.29 is 17.9 Å². The lowest BCUT2D eigenvalue weighted by molar-refractivity contribution is -0.0887. The number of pyridine rings is 1. The largest absolute Gasteiger partial charge is 0.376 e. The van der Waals surface area contributed by atoms with Gasteiger partial charge in [-0.2, -0.15) is 0 Å². The first-order valence-electron chi connectivity index (χ1n) is 11.3. The zero-order chi connectivity index (χ0) is 21.3. The van der Waals surface area contributed by atoms with E-state index in [2.05, 4.69) is 4.72 Å². The summed E-state index contributed by atoms with van der Waals surface area (Å²) in [7, 11) is -3.38. The number of ether oxygens (including phenoxy) is 2. The van der Waals surface area contributed by atoms with Gasteiger partial charge in [-0.1, -0.05) is 6.07 Å². The van der Waals surface area contributed by atoms with Crippen molar-refractivity contribution in [2.75, 3.05) is 12.9 Å². The monoisotopic (exact) mass is 438 g/mol. The fourth-order valence-electron chi connectivity index (χ4n) is 4.89. The van der Waals surface area contributed by atoms with E-state index < -0.39 is 10.0 Å². The third kappa shape index (κ3) is 5.15. The quantitative estimate of drug-likeness (QED) is 0.707. The highest BCUT2D eigenvalue weighted by molar-refractivity contribution is 7.88. The van der Waals surface area contributed by atoms with Crippen LogP contribution in [0.25, 0.3) is 0 Å². The Balaban J connectivity index is 1.42. The summed E-state index contributed by atoms with van der Waals surface area (Å²) in [6.07, 6.45) is 11.0. The summed E-state index contributed by atoms with van der Waals surface area (Å²) in [6.45, 7) is 2.13. The van der Waals surface area contributed by atoms with E-state index in [0.717, 1.165) is 31.4 Å². The molecule has 1 aliphatic heterocycles. The van der Waals surface area contributed by atoms with Crippen molar-refractivity contribution in [3.8, 4) is 0 Å². The Morgan fingerprint density at radius 2 is 1.70 bits per heavy atom. The highest BCUT2D eigenvalue weighted by atomic mass is 32.2. The number of hydrogen-bond donors (Lipinski definition) is 1. The molecule has 2 saturated carbocycles. The first-order chi connectivity index (χ1) is 14.3. The molecule has 30 heavy (non-hydrogen) atoms. The van der Waals surface area contributed by atoms with Crippen LogP contribution in [0.3, 0.4) is 0 Å². The minimum atomic E-state index is -3.38. The number of aryl methyl sites for hydroxylation is 2. The maximum absolute atomic E-state index is 12.9. The van der Waals surface area contributed by atoms with Crippen molar-refractivity contribution in [1.82, 2.24) is 9.29 Å². The van der Waals surface area contributed by atoms with E-state index in [0.29, 0.717) is 37.2 Å². The summed E-state index contributed by atoms with van der Waals surface area (Å²) in [6, 6.07) is 3.15. The first kappa shape index (κ1) is 22.0. The second-order valence-electron chi connectivity index (χ2n) is 9.21. The number of sulfonamides is 1. The van der Waals surface area contributed by atoms with Gasteiger partial charge in [0.25, 0.3) is 5.56 Å². The number of rotatable bonds is 7. The Morgan fingerprint density at radius 3 is 2.33 bits per heavy atom. The molecule has 168 valence electrons. The Morgan fingerprint density at radius 1 is 1.03 bits per heavy atom. The van der Waals surface area contributed by atoms with Crippen LogP contribution in [-0.4, -0.2) is 50.2 Å². The van der Waals surface area contributed by atoms with Crippen molar-refractivity contribution >= 4 is 10.0 Å². The summed E-state index contributed by atoms with van der Waals surface area (Å²) in [5.41, 5.74) is 1.56. The highest BCUT2D eigenvalue weighted by Crippen LogP contribution is 2.31. The van der Waals surface area contributed by atoms with E-state index in [1.54, 1.807) is 11.5 Å². The van der Waals surface area contributed by atoms with Crippen molar-refractivity contribution in [3.05, 3.63) is 33.7 Å². The van der Waals surface area contributed by atoms with Gasteiger partial charge in [0.05, 0.1) is 37.2 Å². The molecule has 1 aromatic rings. The smallest absolute Gasteiger partial charge is 0.254 e.